The highest BCUT2D eigenvalue weighted by atomic mass is 32.1. The number of aromatic nitrogens is 1. The van der Waals surface area contributed by atoms with E-state index in [4.69, 9.17) is 4.98 Å². The molecule has 1 aromatic heterocycles. The Kier molecular flexibility index (Phi) is 3.36. The van der Waals surface area contributed by atoms with E-state index in [0.29, 0.717) is 6.04 Å². The fourth-order valence-corrected chi connectivity index (χ4v) is 3.41. The van der Waals surface area contributed by atoms with E-state index in [-0.39, 0.29) is 5.41 Å². The lowest BCUT2D eigenvalue weighted by molar-refractivity contribution is 0.462. The number of hydrogen-bond acceptors (Lipinski definition) is 3. The van der Waals surface area contributed by atoms with Gasteiger partial charge in [0.1, 0.15) is 0 Å². The molecule has 1 aromatic rings. The van der Waals surface area contributed by atoms with E-state index in [1.54, 1.807) is 0 Å². The summed E-state index contributed by atoms with van der Waals surface area (Å²) in [6.07, 6.45) is 3.77. The summed E-state index contributed by atoms with van der Waals surface area (Å²) in [5, 5.41) is 4.84. The van der Waals surface area contributed by atoms with Crippen molar-refractivity contribution in [1.82, 2.24) is 10.3 Å². The van der Waals surface area contributed by atoms with Gasteiger partial charge < -0.3 is 5.32 Å². The molecular formula is C13H22N2S. The summed E-state index contributed by atoms with van der Waals surface area (Å²) in [5.41, 5.74) is 1.53. The van der Waals surface area contributed by atoms with Gasteiger partial charge in [-0.2, -0.15) is 0 Å². The van der Waals surface area contributed by atoms with Crippen molar-refractivity contribution >= 4 is 11.3 Å². The lowest BCUT2D eigenvalue weighted by atomic mass is 9.96. The Morgan fingerprint density at radius 2 is 2.19 bits per heavy atom. The second kappa shape index (κ2) is 4.46. The minimum Gasteiger partial charge on any atom is -0.309 e. The van der Waals surface area contributed by atoms with E-state index >= 15 is 0 Å². The highest BCUT2D eigenvalue weighted by Gasteiger charge is 2.27. The van der Waals surface area contributed by atoms with Crippen molar-refractivity contribution in [3.8, 4) is 0 Å². The van der Waals surface area contributed by atoms with Crippen LogP contribution in [0.25, 0.3) is 0 Å². The van der Waals surface area contributed by atoms with Crippen LogP contribution in [0, 0.1) is 0 Å². The largest absolute Gasteiger partial charge is 0.309 e. The van der Waals surface area contributed by atoms with E-state index in [9.17, 15) is 0 Å². The second-order valence-corrected chi connectivity index (χ2v) is 6.66. The summed E-state index contributed by atoms with van der Waals surface area (Å²) in [5.74, 6) is 0. The first-order valence-electron chi connectivity index (χ1n) is 6.26. The molecule has 90 valence electrons. The van der Waals surface area contributed by atoms with E-state index in [1.165, 1.54) is 34.8 Å². The quantitative estimate of drug-likeness (QED) is 0.854. The molecule has 1 N–H and O–H groups in total. The molecule has 0 fully saturated rings. The van der Waals surface area contributed by atoms with Crippen molar-refractivity contribution in [3.05, 3.63) is 15.6 Å². The molecule has 0 saturated carbocycles. The SMILES string of the molecule is CCNC1CCCc2sc(C(C)(C)C)nc21. The molecule has 1 unspecified atom stereocenters. The number of nitrogens with zero attached hydrogens (tertiary/aromatic N) is 1. The van der Waals surface area contributed by atoms with E-state index in [1.807, 2.05) is 11.3 Å². The highest BCUT2D eigenvalue weighted by molar-refractivity contribution is 7.11. The van der Waals surface area contributed by atoms with Gasteiger partial charge in [-0.05, 0) is 25.8 Å². The third-order valence-electron chi connectivity index (χ3n) is 3.05. The summed E-state index contributed by atoms with van der Waals surface area (Å²) in [7, 11) is 0. The fraction of sp³-hybridized carbons (Fsp3) is 0.769. The Bertz CT molecular complexity index is 362. The Morgan fingerprint density at radius 1 is 1.44 bits per heavy atom. The molecule has 0 aliphatic heterocycles. The van der Waals surface area contributed by atoms with Crippen LogP contribution in [0.5, 0.6) is 0 Å². The van der Waals surface area contributed by atoms with E-state index < -0.39 is 0 Å². The molecule has 0 spiro atoms. The topological polar surface area (TPSA) is 24.9 Å². The summed E-state index contributed by atoms with van der Waals surface area (Å²) < 4.78 is 0. The number of thiazole rings is 1. The van der Waals surface area contributed by atoms with Gasteiger partial charge in [-0.1, -0.05) is 27.7 Å². The molecule has 1 aliphatic rings. The first kappa shape index (κ1) is 12.1. The maximum atomic E-state index is 4.88. The molecule has 0 bridgehead atoms. The number of aryl methyl sites for hydroxylation is 1. The maximum absolute atomic E-state index is 4.88. The molecular weight excluding hydrogens is 216 g/mol. The molecule has 1 atom stereocenters. The molecule has 1 aliphatic carbocycles. The Morgan fingerprint density at radius 3 is 2.81 bits per heavy atom. The second-order valence-electron chi connectivity index (χ2n) is 5.58. The van der Waals surface area contributed by atoms with Crippen LogP contribution in [0.4, 0.5) is 0 Å². The lowest BCUT2D eigenvalue weighted by Gasteiger charge is -2.21. The summed E-state index contributed by atoms with van der Waals surface area (Å²) >= 11 is 1.92. The van der Waals surface area contributed by atoms with Crippen LogP contribution in [0.2, 0.25) is 0 Å². The average molecular weight is 238 g/mol. The Labute approximate surface area is 102 Å². The molecule has 0 aromatic carbocycles. The molecule has 1 heterocycles. The predicted molar refractivity (Wildman–Crippen MR) is 70.2 cm³/mol. The molecule has 0 saturated heterocycles. The van der Waals surface area contributed by atoms with Gasteiger partial charge in [0.05, 0.1) is 16.7 Å². The predicted octanol–water partition coefficient (Wildman–Crippen LogP) is 3.43. The summed E-state index contributed by atoms with van der Waals surface area (Å²) in [4.78, 5) is 6.39. The van der Waals surface area contributed by atoms with Crippen molar-refractivity contribution in [2.24, 2.45) is 0 Å². The standard InChI is InChI=1S/C13H22N2S/c1-5-14-9-7-6-8-10-11(9)15-12(16-10)13(2,3)4/h9,14H,5-8H2,1-4H3. The Balaban J connectivity index is 2.31. The minimum atomic E-state index is 0.193. The summed E-state index contributed by atoms with van der Waals surface area (Å²) in [6.45, 7) is 9.95. The van der Waals surface area contributed by atoms with Crippen LogP contribution in [0.15, 0.2) is 0 Å². The van der Waals surface area contributed by atoms with Crippen LogP contribution in [0.3, 0.4) is 0 Å². The zero-order chi connectivity index (χ0) is 11.8. The third-order valence-corrected chi connectivity index (χ3v) is 4.60. The highest BCUT2D eigenvalue weighted by Crippen LogP contribution is 2.37. The van der Waals surface area contributed by atoms with Gasteiger partial charge in [0.15, 0.2) is 0 Å². The van der Waals surface area contributed by atoms with Gasteiger partial charge in [-0.15, -0.1) is 11.3 Å². The van der Waals surface area contributed by atoms with Gasteiger partial charge >= 0.3 is 0 Å². The summed E-state index contributed by atoms with van der Waals surface area (Å²) in [6, 6.07) is 0.501. The van der Waals surface area contributed by atoms with Crippen LogP contribution in [-0.2, 0) is 11.8 Å². The van der Waals surface area contributed by atoms with Crippen molar-refractivity contribution < 1.29 is 0 Å². The number of nitrogens with one attached hydrogen (secondary N) is 1. The first-order valence-corrected chi connectivity index (χ1v) is 7.07. The fourth-order valence-electron chi connectivity index (χ4n) is 2.18. The first-order chi connectivity index (χ1) is 7.52. The van der Waals surface area contributed by atoms with Crippen LogP contribution in [-0.4, -0.2) is 11.5 Å². The van der Waals surface area contributed by atoms with Crippen LogP contribution >= 0.6 is 11.3 Å². The number of hydrogen-bond donors (Lipinski definition) is 1. The number of fused-ring (bicyclic) bond motifs is 1. The van der Waals surface area contributed by atoms with Crippen molar-refractivity contribution in [2.75, 3.05) is 6.54 Å². The van der Waals surface area contributed by atoms with Crippen LogP contribution in [0.1, 0.15) is 62.2 Å². The van der Waals surface area contributed by atoms with Gasteiger partial charge in [0, 0.05) is 10.3 Å². The maximum Gasteiger partial charge on any atom is 0.0985 e. The smallest absolute Gasteiger partial charge is 0.0985 e. The molecule has 2 nitrogen and oxygen atoms in total. The van der Waals surface area contributed by atoms with Crippen molar-refractivity contribution in [3.63, 3.8) is 0 Å². The van der Waals surface area contributed by atoms with E-state index in [0.717, 1.165) is 6.54 Å². The molecule has 3 heteroatoms. The van der Waals surface area contributed by atoms with Gasteiger partial charge in [-0.3, -0.25) is 0 Å². The van der Waals surface area contributed by atoms with Crippen LogP contribution < -0.4 is 5.32 Å². The zero-order valence-electron chi connectivity index (χ0n) is 10.8. The van der Waals surface area contributed by atoms with Gasteiger partial charge in [-0.25, -0.2) is 4.98 Å². The lowest BCUT2D eigenvalue weighted by Crippen LogP contribution is -2.24. The monoisotopic (exact) mass is 238 g/mol. The van der Waals surface area contributed by atoms with E-state index in [2.05, 4.69) is 33.0 Å². The molecule has 16 heavy (non-hydrogen) atoms. The molecule has 0 amide bonds. The van der Waals surface area contributed by atoms with Gasteiger partial charge in [0.2, 0.25) is 0 Å². The minimum absolute atomic E-state index is 0.193. The number of rotatable bonds is 2. The normalized spacial score (nSPS) is 20.9. The van der Waals surface area contributed by atoms with Gasteiger partial charge in [0.25, 0.3) is 0 Å². The average Bonchev–Trinajstić information content (AvgIpc) is 2.62. The Hall–Kier alpha value is -0.410. The third kappa shape index (κ3) is 2.30. The van der Waals surface area contributed by atoms with Crippen molar-refractivity contribution in [1.29, 1.82) is 0 Å². The molecule has 2 rings (SSSR count). The molecule has 0 radical (unpaired) electrons. The zero-order valence-corrected chi connectivity index (χ0v) is 11.6. The van der Waals surface area contributed by atoms with Crippen molar-refractivity contribution in [2.45, 2.75) is 58.4 Å².